The van der Waals surface area contributed by atoms with E-state index in [1.807, 2.05) is 18.2 Å². The number of nitrogens with two attached hydrogens (primary N) is 1. The Morgan fingerprint density at radius 2 is 1.76 bits per heavy atom. The fraction of sp³-hybridized carbons (Fsp3) is 0.235. The quantitative estimate of drug-likeness (QED) is 0.828. The molecular formula is C17H19FN2S. The van der Waals surface area contributed by atoms with Gasteiger partial charge in [-0.2, -0.15) is 0 Å². The van der Waals surface area contributed by atoms with Crippen molar-refractivity contribution in [3.05, 3.63) is 71.0 Å². The van der Waals surface area contributed by atoms with Crippen molar-refractivity contribution < 1.29 is 4.39 Å². The van der Waals surface area contributed by atoms with Crippen LogP contribution in [0.4, 0.5) is 4.39 Å². The maximum absolute atomic E-state index is 13.6. The number of benzene rings is 2. The van der Waals surface area contributed by atoms with Gasteiger partial charge in [-0.1, -0.05) is 55.5 Å². The van der Waals surface area contributed by atoms with Crippen molar-refractivity contribution in [3.8, 4) is 0 Å². The van der Waals surface area contributed by atoms with Crippen LogP contribution in [0.25, 0.3) is 0 Å². The summed E-state index contributed by atoms with van der Waals surface area (Å²) in [5.74, 6) is -0.364. The van der Waals surface area contributed by atoms with E-state index in [1.54, 1.807) is 12.1 Å². The monoisotopic (exact) mass is 302 g/mol. The average molecular weight is 302 g/mol. The molecule has 0 amide bonds. The van der Waals surface area contributed by atoms with Crippen molar-refractivity contribution >= 4 is 17.2 Å². The Hall–Kier alpha value is -1.78. The van der Waals surface area contributed by atoms with Crippen molar-refractivity contribution in [3.63, 3.8) is 0 Å². The highest BCUT2D eigenvalue weighted by atomic mass is 32.1. The van der Waals surface area contributed by atoms with Crippen LogP contribution in [0.5, 0.6) is 0 Å². The van der Waals surface area contributed by atoms with Crippen LogP contribution < -0.4 is 5.73 Å². The van der Waals surface area contributed by atoms with Gasteiger partial charge in [0.25, 0.3) is 0 Å². The molecule has 2 N–H and O–H groups in total. The van der Waals surface area contributed by atoms with Gasteiger partial charge >= 0.3 is 0 Å². The molecule has 0 fully saturated rings. The van der Waals surface area contributed by atoms with Crippen molar-refractivity contribution in [1.29, 1.82) is 0 Å². The Bertz CT molecular complexity index is 613. The first-order valence-corrected chi connectivity index (χ1v) is 7.35. The number of hydrogen-bond donors (Lipinski definition) is 1. The van der Waals surface area contributed by atoms with Crippen LogP contribution in [0.15, 0.2) is 48.5 Å². The summed E-state index contributed by atoms with van der Waals surface area (Å²) in [6, 6.07) is 15.2. The lowest BCUT2D eigenvalue weighted by Crippen LogP contribution is -2.22. The summed E-state index contributed by atoms with van der Waals surface area (Å²) in [4.78, 5) is 2.38. The first-order chi connectivity index (χ1) is 10.1. The summed E-state index contributed by atoms with van der Waals surface area (Å²) in [6.07, 6.45) is 0. The molecule has 0 spiro atoms. The lowest BCUT2D eigenvalue weighted by molar-refractivity contribution is 0.271. The first-order valence-electron chi connectivity index (χ1n) is 6.94. The van der Waals surface area contributed by atoms with E-state index in [0.29, 0.717) is 5.56 Å². The molecule has 0 aromatic heterocycles. The minimum absolute atomic E-state index is 0.0976. The molecule has 0 saturated heterocycles. The highest BCUT2D eigenvalue weighted by Crippen LogP contribution is 2.14. The van der Waals surface area contributed by atoms with Crippen LogP contribution in [0.2, 0.25) is 0 Å². The van der Waals surface area contributed by atoms with E-state index in [0.717, 1.165) is 25.2 Å². The predicted molar refractivity (Wildman–Crippen MR) is 88.5 cm³/mol. The summed E-state index contributed by atoms with van der Waals surface area (Å²) < 4.78 is 13.6. The van der Waals surface area contributed by atoms with Gasteiger partial charge in [-0.3, -0.25) is 4.90 Å². The summed E-state index contributed by atoms with van der Waals surface area (Å²) in [7, 11) is 0. The molecule has 2 nitrogen and oxygen atoms in total. The van der Waals surface area contributed by atoms with E-state index in [9.17, 15) is 4.39 Å². The summed E-state index contributed by atoms with van der Waals surface area (Å²) in [5.41, 5.74) is 8.14. The van der Waals surface area contributed by atoms with Gasteiger partial charge in [0, 0.05) is 18.7 Å². The second kappa shape index (κ2) is 7.29. The maximum Gasteiger partial charge on any atom is 0.133 e. The molecule has 0 aliphatic carbocycles. The number of thiocarbonyl (C=S) groups is 1. The highest BCUT2D eigenvalue weighted by Gasteiger charge is 2.09. The van der Waals surface area contributed by atoms with Gasteiger partial charge in [-0.25, -0.2) is 4.39 Å². The molecule has 110 valence electrons. The zero-order valence-electron chi connectivity index (χ0n) is 12.1. The fourth-order valence-electron chi connectivity index (χ4n) is 2.24. The smallest absolute Gasteiger partial charge is 0.133 e. The van der Waals surface area contributed by atoms with Crippen LogP contribution in [0.1, 0.15) is 23.6 Å². The lowest BCUT2D eigenvalue weighted by atomic mass is 10.1. The zero-order valence-corrected chi connectivity index (χ0v) is 12.9. The Kier molecular flexibility index (Phi) is 5.42. The van der Waals surface area contributed by atoms with Gasteiger partial charge < -0.3 is 5.73 Å². The third-order valence-corrected chi connectivity index (χ3v) is 3.62. The molecule has 21 heavy (non-hydrogen) atoms. The predicted octanol–water partition coefficient (Wildman–Crippen LogP) is 3.48. The van der Waals surface area contributed by atoms with Crippen LogP contribution in [-0.2, 0) is 13.1 Å². The summed E-state index contributed by atoms with van der Waals surface area (Å²) >= 11 is 4.88. The SMILES string of the molecule is CCN(Cc1ccccc1)Cc1ccc(F)c(C(N)=S)c1. The standard InChI is InChI=1S/C17H19FN2S/c1-2-20(11-13-6-4-3-5-7-13)12-14-8-9-16(18)15(10-14)17(19)21/h3-10H,2,11-12H2,1H3,(H2,19,21). The van der Waals surface area contributed by atoms with Gasteiger partial charge in [0.1, 0.15) is 10.8 Å². The van der Waals surface area contributed by atoms with Gasteiger partial charge in [0.15, 0.2) is 0 Å². The number of rotatable bonds is 6. The van der Waals surface area contributed by atoms with E-state index in [-0.39, 0.29) is 10.8 Å². The van der Waals surface area contributed by atoms with Crippen molar-refractivity contribution in [2.24, 2.45) is 5.73 Å². The molecule has 0 aliphatic rings. The van der Waals surface area contributed by atoms with Crippen molar-refractivity contribution in [2.75, 3.05) is 6.54 Å². The van der Waals surface area contributed by atoms with Gasteiger partial charge in [-0.15, -0.1) is 0 Å². The Balaban J connectivity index is 2.11. The second-order valence-corrected chi connectivity index (χ2v) is 5.41. The number of nitrogens with zero attached hydrogens (tertiary/aromatic N) is 1. The van der Waals surface area contributed by atoms with Crippen molar-refractivity contribution in [1.82, 2.24) is 4.90 Å². The third kappa shape index (κ3) is 4.34. The number of halogens is 1. The molecule has 2 aromatic rings. The van der Waals surface area contributed by atoms with Gasteiger partial charge in [0.05, 0.1) is 0 Å². The Labute approximate surface area is 130 Å². The van der Waals surface area contributed by atoms with Crippen molar-refractivity contribution in [2.45, 2.75) is 20.0 Å². The maximum atomic E-state index is 13.6. The normalized spacial score (nSPS) is 10.8. The molecule has 0 atom stereocenters. The molecular weight excluding hydrogens is 283 g/mol. The average Bonchev–Trinajstić information content (AvgIpc) is 2.49. The molecule has 0 aliphatic heterocycles. The molecule has 0 bridgehead atoms. The largest absolute Gasteiger partial charge is 0.389 e. The number of hydrogen-bond acceptors (Lipinski definition) is 2. The minimum atomic E-state index is -0.364. The lowest BCUT2D eigenvalue weighted by Gasteiger charge is -2.21. The first kappa shape index (κ1) is 15.6. The van der Waals surface area contributed by atoms with Crippen LogP contribution >= 0.6 is 12.2 Å². The molecule has 0 saturated carbocycles. The van der Waals surface area contributed by atoms with E-state index in [1.165, 1.54) is 11.6 Å². The van der Waals surface area contributed by atoms with Crippen LogP contribution in [0, 0.1) is 5.82 Å². The van der Waals surface area contributed by atoms with E-state index in [2.05, 4.69) is 24.0 Å². The molecule has 0 radical (unpaired) electrons. The van der Waals surface area contributed by atoms with E-state index >= 15 is 0 Å². The third-order valence-electron chi connectivity index (χ3n) is 3.40. The minimum Gasteiger partial charge on any atom is -0.389 e. The highest BCUT2D eigenvalue weighted by molar-refractivity contribution is 7.80. The second-order valence-electron chi connectivity index (χ2n) is 4.97. The van der Waals surface area contributed by atoms with E-state index < -0.39 is 0 Å². The molecule has 4 heteroatoms. The molecule has 0 heterocycles. The fourth-order valence-corrected chi connectivity index (χ4v) is 2.40. The van der Waals surface area contributed by atoms with Crippen LogP contribution in [-0.4, -0.2) is 16.4 Å². The summed E-state index contributed by atoms with van der Waals surface area (Å²) in [6.45, 7) is 4.62. The molecule has 2 rings (SSSR count). The van der Waals surface area contributed by atoms with Crippen LogP contribution in [0.3, 0.4) is 0 Å². The zero-order chi connectivity index (χ0) is 15.2. The Morgan fingerprint density at radius 1 is 1.10 bits per heavy atom. The summed E-state index contributed by atoms with van der Waals surface area (Å²) in [5, 5.41) is 0. The van der Waals surface area contributed by atoms with Gasteiger partial charge in [-0.05, 0) is 29.8 Å². The van der Waals surface area contributed by atoms with Gasteiger partial charge in [0.2, 0.25) is 0 Å². The van der Waals surface area contributed by atoms with E-state index in [4.69, 9.17) is 18.0 Å². The molecule has 2 aromatic carbocycles. The molecule has 0 unspecified atom stereocenters. The Morgan fingerprint density at radius 3 is 2.38 bits per heavy atom. The topological polar surface area (TPSA) is 29.3 Å².